The highest BCUT2D eigenvalue weighted by Gasteiger charge is 2.34. The highest BCUT2D eigenvalue weighted by molar-refractivity contribution is 9.11. The number of hydrogen-bond acceptors (Lipinski definition) is 6. The van der Waals surface area contributed by atoms with Crippen molar-refractivity contribution in [1.82, 2.24) is 4.31 Å². The molecule has 0 bridgehead atoms. The third kappa shape index (κ3) is 7.35. The zero-order chi connectivity index (χ0) is 31.5. The van der Waals surface area contributed by atoms with E-state index in [0.717, 1.165) is 24.7 Å². The fraction of sp³-hybridized carbons (Fsp3) is 0.133. The molecule has 43 heavy (non-hydrogen) atoms. The molecule has 0 saturated heterocycles. The maximum Gasteiger partial charge on any atom is 0.269 e. The first-order chi connectivity index (χ1) is 20.3. The molecule has 0 aliphatic heterocycles. The van der Waals surface area contributed by atoms with E-state index in [0.29, 0.717) is 24.5 Å². The zero-order valence-corrected chi connectivity index (χ0v) is 26.8. The van der Waals surface area contributed by atoms with Crippen LogP contribution in [-0.2, 0) is 14.8 Å². The van der Waals surface area contributed by atoms with E-state index in [1.807, 2.05) is 0 Å². The lowest BCUT2D eigenvalue weighted by Gasteiger charge is -2.33. The molecule has 0 saturated carbocycles. The van der Waals surface area contributed by atoms with Gasteiger partial charge >= 0.3 is 0 Å². The van der Waals surface area contributed by atoms with Crippen LogP contribution in [0.25, 0.3) is 0 Å². The summed E-state index contributed by atoms with van der Waals surface area (Å²) in [7, 11) is -3.12. The van der Waals surface area contributed by atoms with Crippen molar-refractivity contribution in [3.63, 3.8) is 0 Å². The van der Waals surface area contributed by atoms with Crippen molar-refractivity contribution < 1.29 is 27.3 Å². The van der Waals surface area contributed by atoms with Crippen LogP contribution in [0, 0.1) is 22.9 Å². The Labute approximate surface area is 264 Å². The van der Waals surface area contributed by atoms with Crippen molar-refractivity contribution in [2.24, 2.45) is 0 Å². The number of carbonyl (C=O) groups is 2. The Kier molecular flexibility index (Phi) is 9.78. The third-order valence-electron chi connectivity index (χ3n) is 6.63. The highest BCUT2D eigenvalue weighted by Crippen LogP contribution is 2.36. The van der Waals surface area contributed by atoms with Crippen molar-refractivity contribution in [3.05, 3.63) is 133 Å². The van der Waals surface area contributed by atoms with Crippen LogP contribution in [0.1, 0.15) is 33.9 Å². The summed E-state index contributed by atoms with van der Waals surface area (Å²) in [6.45, 7) is 1.80. The van der Waals surface area contributed by atoms with Gasteiger partial charge in [-0.1, -0.05) is 61.7 Å². The molecule has 0 spiro atoms. The van der Waals surface area contributed by atoms with E-state index in [9.17, 15) is 32.5 Å². The van der Waals surface area contributed by atoms with Gasteiger partial charge in [-0.25, -0.2) is 17.1 Å². The SMILES string of the molecule is Cc1ccc(S(=O)(=O)N(C)C(=O)C[C@H](c2ccc([N+](=O)[O-])cc2)N(C(=O)c2ccc(F)cc2)c2cc(Br)cc(Br)c2)cc1. The molecule has 4 aromatic rings. The molecule has 222 valence electrons. The number of benzene rings is 4. The van der Waals surface area contributed by atoms with Gasteiger partial charge in [-0.2, -0.15) is 0 Å². The molecule has 0 aliphatic rings. The normalized spacial score (nSPS) is 11.9. The molecule has 4 rings (SSSR count). The fourth-order valence-corrected chi connectivity index (χ4v) is 6.73. The molecule has 0 N–H and O–H groups in total. The Morgan fingerprint density at radius 3 is 2.00 bits per heavy atom. The van der Waals surface area contributed by atoms with E-state index in [1.54, 1.807) is 37.3 Å². The van der Waals surface area contributed by atoms with Crippen LogP contribution in [0.4, 0.5) is 15.8 Å². The topological polar surface area (TPSA) is 118 Å². The Morgan fingerprint density at radius 1 is 0.907 bits per heavy atom. The highest BCUT2D eigenvalue weighted by atomic mass is 79.9. The first-order valence-electron chi connectivity index (χ1n) is 12.7. The van der Waals surface area contributed by atoms with Gasteiger partial charge in [0, 0.05) is 39.4 Å². The van der Waals surface area contributed by atoms with E-state index < -0.39 is 45.0 Å². The monoisotopic (exact) mass is 731 g/mol. The number of aryl methyl sites for hydroxylation is 1. The lowest BCUT2D eigenvalue weighted by molar-refractivity contribution is -0.384. The molecule has 0 radical (unpaired) electrons. The van der Waals surface area contributed by atoms with Crippen molar-refractivity contribution in [2.45, 2.75) is 24.3 Å². The van der Waals surface area contributed by atoms with Crippen LogP contribution in [0.2, 0.25) is 0 Å². The number of halogens is 3. The van der Waals surface area contributed by atoms with Gasteiger partial charge in [-0.05, 0) is 67.1 Å². The molecule has 1 atom stereocenters. The quantitative estimate of drug-likeness (QED) is 0.133. The van der Waals surface area contributed by atoms with E-state index in [2.05, 4.69) is 31.9 Å². The average molecular weight is 733 g/mol. The average Bonchev–Trinajstić information content (AvgIpc) is 2.96. The number of hydrogen-bond donors (Lipinski definition) is 0. The number of rotatable bonds is 9. The summed E-state index contributed by atoms with van der Waals surface area (Å²) in [6.07, 6.45) is -0.517. The minimum atomic E-state index is -4.25. The second kappa shape index (κ2) is 13.1. The van der Waals surface area contributed by atoms with Crippen LogP contribution in [0.15, 0.2) is 105 Å². The molecular weight excluding hydrogens is 709 g/mol. The lowest BCUT2D eigenvalue weighted by Crippen LogP contribution is -2.40. The van der Waals surface area contributed by atoms with Crippen molar-refractivity contribution in [3.8, 4) is 0 Å². The van der Waals surface area contributed by atoms with Gasteiger partial charge in [0.15, 0.2) is 0 Å². The minimum absolute atomic E-state index is 0.0870. The molecule has 0 aliphatic carbocycles. The smallest absolute Gasteiger partial charge is 0.269 e. The van der Waals surface area contributed by atoms with Crippen molar-refractivity contribution in [2.75, 3.05) is 11.9 Å². The van der Waals surface area contributed by atoms with Crippen LogP contribution >= 0.6 is 31.9 Å². The second-order valence-electron chi connectivity index (χ2n) is 9.56. The molecule has 4 aromatic carbocycles. The summed E-state index contributed by atoms with van der Waals surface area (Å²) >= 11 is 6.82. The third-order valence-corrected chi connectivity index (χ3v) is 9.34. The maximum absolute atomic E-state index is 14.1. The molecule has 2 amide bonds. The number of anilines is 1. The van der Waals surface area contributed by atoms with Gasteiger partial charge in [0.1, 0.15) is 5.82 Å². The summed E-state index contributed by atoms with van der Waals surface area (Å²) in [5, 5.41) is 11.3. The van der Waals surface area contributed by atoms with Gasteiger partial charge in [0.2, 0.25) is 5.91 Å². The summed E-state index contributed by atoms with van der Waals surface area (Å²) in [6, 6.07) is 20.0. The Bertz CT molecular complexity index is 1760. The van der Waals surface area contributed by atoms with E-state index >= 15 is 0 Å². The molecule has 0 aromatic heterocycles. The minimum Gasteiger partial charge on any atom is -0.300 e. The zero-order valence-electron chi connectivity index (χ0n) is 22.8. The van der Waals surface area contributed by atoms with Gasteiger partial charge in [-0.15, -0.1) is 0 Å². The second-order valence-corrected chi connectivity index (χ2v) is 13.4. The number of nitrogens with zero attached hydrogens (tertiary/aromatic N) is 3. The lowest BCUT2D eigenvalue weighted by atomic mass is 9.98. The summed E-state index contributed by atoms with van der Waals surface area (Å²) in [5.41, 5.74) is 1.36. The predicted molar refractivity (Wildman–Crippen MR) is 167 cm³/mol. The number of sulfonamides is 1. The summed E-state index contributed by atoms with van der Waals surface area (Å²) < 4.78 is 42.2. The Hall–Kier alpha value is -3.94. The van der Waals surface area contributed by atoms with Gasteiger partial charge in [0.25, 0.3) is 21.6 Å². The van der Waals surface area contributed by atoms with Crippen LogP contribution in [0.3, 0.4) is 0 Å². The van der Waals surface area contributed by atoms with Crippen LogP contribution in [0.5, 0.6) is 0 Å². The van der Waals surface area contributed by atoms with Gasteiger partial charge in [0.05, 0.1) is 22.3 Å². The number of non-ortho nitro benzene ring substituents is 1. The molecule has 0 unspecified atom stereocenters. The fourth-order valence-electron chi connectivity index (χ4n) is 4.32. The number of carbonyl (C=O) groups excluding carboxylic acids is 2. The predicted octanol–water partition coefficient (Wildman–Crippen LogP) is 7.19. The molecule has 0 heterocycles. The maximum atomic E-state index is 14.1. The Balaban J connectivity index is 1.85. The molecular formula is C30H24Br2FN3O6S. The summed E-state index contributed by atoms with van der Waals surface area (Å²) in [4.78, 5) is 39.7. The first kappa shape index (κ1) is 32.0. The number of amides is 2. The number of nitro groups is 1. The standard InChI is InChI=1S/C30H24Br2FN3O6S/c1-19-3-13-27(14-4-19)43(41,42)34(2)29(37)18-28(20-7-11-25(12-8-20)36(39)40)35(26-16-22(31)15-23(32)17-26)30(38)21-5-9-24(33)10-6-21/h3-17,28H,18H2,1-2H3/t28-/m1/s1. The van der Waals surface area contributed by atoms with Crippen molar-refractivity contribution >= 4 is 65.1 Å². The largest absolute Gasteiger partial charge is 0.300 e. The van der Waals surface area contributed by atoms with E-state index in [-0.39, 0.29) is 16.1 Å². The van der Waals surface area contributed by atoms with Gasteiger partial charge < -0.3 is 4.90 Å². The van der Waals surface area contributed by atoms with E-state index in [4.69, 9.17) is 0 Å². The van der Waals surface area contributed by atoms with Crippen LogP contribution in [-0.4, -0.2) is 36.5 Å². The van der Waals surface area contributed by atoms with E-state index in [1.165, 1.54) is 53.4 Å². The van der Waals surface area contributed by atoms with Crippen molar-refractivity contribution in [1.29, 1.82) is 0 Å². The first-order valence-corrected chi connectivity index (χ1v) is 15.7. The van der Waals surface area contributed by atoms with Gasteiger partial charge in [-0.3, -0.25) is 19.7 Å². The number of nitro benzene ring substituents is 1. The molecule has 9 nitrogen and oxygen atoms in total. The van der Waals surface area contributed by atoms with Crippen LogP contribution < -0.4 is 4.90 Å². The molecule has 0 fully saturated rings. The molecule has 13 heteroatoms. The Morgan fingerprint density at radius 2 is 1.47 bits per heavy atom. The summed E-state index contributed by atoms with van der Waals surface area (Å²) in [5.74, 6) is -2.02.